The average molecular weight is 221 g/mol. The molecule has 0 fully saturated rings. The van der Waals surface area contributed by atoms with Gasteiger partial charge in [-0.15, -0.1) is 0 Å². The van der Waals surface area contributed by atoms with E-state index in [2.05, 4.69) is 55.4 Å². The van der Waals surface area contributed by atoms with Gasteiger partial charge in [0.05, 0.1) is 0 Å². The van der Waals surface area contributed by atoms with Crippen molar-refractivity contribution >= 4 is 5.82 Å². The maximum absolute atomic E-state index is 4.54. The van der Waals surface area contributed by atoms with Crippen molar-refractivity contribution < 1.29 is 0 Å². The van der Waals surface area contributed by atoms with Crippen LogP contribution < -0.4 is 10.6 Å². The van der Waals surface area contributed by atoms with Crippen molar-refractivity contribution in [2.45, 2.75) is 46.7 Å². The van der Waals surface area contributed by atoms with E-state index in [0.717, 1.165) is 24.6 Å². The fourth-order valence-corrected chi connectivity index (χ4v) is 1.55. The van der Waals surface area contributed by atoms with Crippen LogP contribution in [0.3, 0.4) is 0 Å². The molecule has 1 rings (SSSR count). The SMILES string of the molecule is CCCNCc1ccc(NC(C)C)nc1C. The fourth-order valence-electron chi connectivity index (χ4n) is 1.55. The molecule has 0 atom stereocenters. The number of pyridine rings is 1. The monoisotopic (exact) mass is 221 g/mol. The lowest BCUT2D eigenvalue weighted by molar-refractivity contribution is 0.671. The molecule has 16 heavy (non-hydrogen) atoms. The number of hydrogen-bond donors (Lipinski definition) is 2. The van der Waals surface area contributed by atoms with Crippen LogP contribution in [0.2, 0.25) is 0 Å². The summed E-state index contributed by atoms with van der Waals surface area (Å²) in [6.07, 6.45) is 1.17. The predicted molar refractivity (Wildman–Crippen MR) is 69.7 cm³/mol. The first-order chi connectivity index (χ1) is 7.63. The van der Waals surface area contributed by atoms with Gasteiger partial charge in [-0.3, -0.25) is 0 Å². The van der Waals surface area contributed by atoms with Crippen LogP contribution in [0.4, 0.5) is 5.82 Å². The number of nitrogens with one attached hydrogen (secondary N) is 2. The highest BCUT2D eigenvalue weighted by Gasteiger charge is 2.02. The fraction of sp³-hybridized carbons (Fsp3) is 0.615. The minimum absolute atomic E-state index is 0.427. The van der Waals surface area contributed by atoms with Crippen molar-refractivity contribution in [2.75, 3.05) is 11.9 Å². The van der Waals surface area contributed by atoms with E-state index >= 15 is 0 Å². The summed E-state index contributed by atoms with van der Waals surface area (Å²) in [5.74, 6) is 0.965. The van der Waals surface area contributed by atoms with Crippen molar-refractivity contribution in [1.82, 2.24) is 10.3 Å². The van der Waals surface area contributed by atoms with Gasteiger partial charge in [0.25, 0.3) is 0 Å². The molecule has 0 saturated carbocycles. The van der Waals surface area contributed by atoms with Gasteiger partial charge in [0, 0.05) is 18.3 Å². The molecule has 0 saturated heterocycles. The van der Waals surface area contributed by atoms with Crippen LogP contribution >= 0.6 is 0 Å². The van der Waals surface area contributed by atoms with Crippen LogP contribution in [0.5, 0.6) is 0 Å². The van der Waals surface area contributed by atoms with Gasteiger partial charge < -0.3 is 10.6 Å². The first kappa shape index (κ1) is 13.0. The molecule has 0 aliphatic heterocycles. The van der Waals surface area contributed by atoms with Crippen molar-refractivity contribution in [2.24, 2.45) is 0 Å². The Morgan fingerprint density at radius 1 is 1.31 bits per heavy atom. The first-order valence-electron chi connectivity index (χ1n) is 6.07. The highest BCUT2D eigenvalue weighted by Crippen LogP contribution is 2.11. The van der Waals surface area contributed by atoms with E-state index in [-0.39, 0.29) is 0 Å². The zero-order chi connectivity index (χ0) is 12.0. The Kier molecular flexibility index (Phi) is 5.26. The molecule has 0 aliphatic rings. The van der Waals surface area contributed by atoms with Gasteiger partial charge in [0.1, 0.15) is 5.82 Å². The van der Waals surface area contributed by atoms with Crippen LogP contribution in [0.1, 0.15) is 38.4 Å². The number of hydrogen-bond acceptors (Lipinski definition) is 3. The molecule has 0 radical (unpaired) electrons. The lowest BCUT2D eigenvalue weighted by atomic mass is 10.2. The van der Waals surface area contributed by atoms with E-state index < -0.39 is 0 Å². The van der Waals surface area contributed by atoms with Gasteiger partial charge >= 0.3 is 0 Å². The van der Waals surface area contributed by atoms with Gasteiger partial charge in [-0.1, -0.05) is 13.0 Å². The summed E-state index contributed by atoms with van der Waals surface area (Å²) >= 11 is 0. The molecule has 0 amide bonds. The second-order valence-corrected chi connectivity index (χ2v) is 4.42. The van der Waals surface area contributed by atoms with Crippen molar-refractivity contribution in [3.05, 3.63) is 23.4 Å². The molecule has 1 aromatic heterocycles. The van der Waals surface area contributed by atoms with E-state index in [1.165, 1.54) is 12.0 Å². The lowest BCUT2D eigenvalue weighted by Crippen LogP contribution is -2.16. The minimum Gasteiger partial charge on any atom is -0.368 e. The molecular formula is C13H23N3. The van der Waals surface area contributed by atoms with E-state index in [1.54, 1.807) is 0 Å². The summed E-state index contributed by atoms with van der Waals surface area (Å²) in [6.45, 7) is 10.4. The number of aryl methyl sites for hydroxylation is 1. The molecular weight excluding hydrogens is 198 g/mol. The third-order valence-electron chi connectivity index (χ3n) is 2.37. The van der Waals surface area contributed by atoms with Gasteiger partial charge in [-0.25, -0.2) is 4.98 Å². The van der Waals surface area contributed by atoms with E-state index in [4.69, 9.17) is 0 Å². The summed E-state index contributed by atoms with van der Waals surface area (Å²) < 4.78 is 0. The van der Waals surface area contributed by atoms with Crippen molar-refractivity contribution in [3.63, 3.8) is 0 Å². The molecule has 3 nitrogen and oxygen atoms in total. The molecule has 0 bridgehead atoms. The van der Waals surface area contributed by atoms with Crippen LogP contribution in [0, 0.1) is 6.92 Å². The Morgan fingerprint density at radius 3 is 2.62 bits per heavy atom. The summed E-state index contributed by atoms with van der Waals surface area (Å²) in [6, 6.07) is 4.63. The molecule has 0 unspecified atom stereocenters. The predicted octanol–water partition coefficient (Wildman–Crippen LogP) is 2.71. The van der Waals surface area contributed by atoms with Crippen LogP contribution in [0.15, 0.2) is 12.1 Å². The smallest absolute Gasteiger partial charge is 0.126 e. The Hall–Kier alpha value is -1.09. The van der Waals surface area contributed by atoms with E-state index in [0.29, 0.717) is 6.04 Å². The number of rotatable bonds is 6. The van der Waals surface area contributed by atoms with E-state index in [1.807, 2.05) is 0 Å². The van der Waals surface area contributed by atoms with E-state index in [9.17, 15) is 0 Å². The maximum Gasteiger partial charge on any atom is 0.126 e. The molecule has 3 heteroatoms. The molecule has 1 heterocycles. The molecule has 2 N–H and O–H groups in total. The number of nitrogens with zero attached hydrogens (tertiary/aromatic N) is 1. The second-order valence-electron chi connectivity index (χ2n) is 4.42. The third kappa shape index (κ3) is 4.19. The minimum atomic E-state index is 0.427. The van der Waals surface area contributed by atoms with Gasteiger partial charge in [0.2, 0.25) is 0 Å². The first-order valence-corrected chi connectivity index (χ1v) is 6.07. The summed E-state index contributed by atoms with van der Waals surface area (Å²) in [4.78, 5) is 4.54. The van der Waals surface area contributed by atoms with Crippen LogP contribution in [0.25, 0.3) is 0 Å². The topological polar surface area (TPSA) is 37.0 Å². The second kappa shape index (κ2) is 6.48. The molecule has 0 aromatic carbocycles. The lowest BCUT2D eigenvalue weighted by Gasteiger charge is -2.12. The Balaban J connectivity index is 2.60. The summed E-state index contributed by atoms with van der Waals surface area (Å²) in [5, 5.41) is 6.70. The van der Waals surface area contributed by atoms with Crippen LogP contribution in [-0.2, 0) is 6.54 Å². The van der Waals surface area contributed by atoms with Crippen LogP contribution in [-0.4, -0.2) is 17.6 Å². The highest BCUT2D eigenvalue weighted by atomic mass is 15.0. The maximum atomic E-state index is 4.54. The molecule has 90 valence electrons. The van der Waals surface area contributed by atoms with Gasteiger partial charge in [-0.2, -0.15) is 0 Å². The normalized spacial score (nSPS) is 10.8. The summed E-state index contributed by atoms with van der Waals surface area (Å²) in [7, 11) is 0. The zero-order valence-corrected chi connectivity index (χ0v) is 10.8. The Bertz CT molecular complexity index is 321. The zero-order valence-electron chi connectivity index (χ0n) is 10.8. The standard InChI is InChI=1S/C13H23N3/c1-5-8-14-9-12-6-7-13(15-10(2)3)16-11(12)4/h6-7,10,14H,5,8-9H2,1-4H3,(H,15,16). The third-order valence-corrected chi connectivity index (χ3v) is 2.37. The van der Waals surface area contributed by atoms with Gasteiger partial charge in [0.15, 0.2) is 0 Å². The quantitative estimate of drug-likeness (QED) is 0.725. The molecule has 0 aliphatic carbocycles. The Labute approximate surface area is 98.7 Å². The van der Waals surface area contributed by atoms with Crippen molar-refractivity contribution in [3.8, 4) is 0 Å². The number of aromatic nitrogens is 1. The Morgan fingerprint density at radius 2 is 2.06 bits per heavy atom. The molecule has 1 aromatic rings. The molecule has 0 spiro atoms. The van der Waals surface area contributed by atoms with Crippen molar-refractivity contribution in [1.29, 1.82) is 0 Å². The number of anilines is 1. The summed E-state index contributed by atoms with van der Waals surface area (Å²) in [5.41, 5.74) is 2.39. The van der Waals surface area contributed by atoms with Gasteiger partial charge in [-0.05, 0) is 45.4 Å². The largest absolute Gasteiger partial charge is 0.368 e. The average Bonchev–Trinajstić information content (AvgIpc) is 2.20. The highest BCUT2D eigenvalue weighted by molar-refractivity contribution is 5.39.